The van der Waals surface area contributed by atoms with Crippen molar-refractivity contribution in [3.05, 3.63) is 121 Å². The number of carbonyl (C=O) groups excluding carboxylic acids is 4. The fourth-order valence-corrected chi connectivity index (χ4v) is 12.9. The Balaban J connectivity index is 1.83. The monoisotopic (exact) mass is 795 g/mol. The van der Waals surface area contributed by atoms with Crippen LogP contribution in [0.1, 0.15) is 47.1 Å². The zero-order valence-electron chi connectivity index (χ0n) is 33.9. The van der Waals surface area contributed by atoms with Crippen LogP contribution in [-0.2, 0) is 39.7 Å². The predicted molar refractivity (Wildman–Crippen MR) is 226 cm³/mol. The van der Waals surface area contributed by atoms with Crippen LogP contribution < -0.4 is 20.7 Å². The van der Waals surface area contributed by atoms with E-state index in [1.807, 2.05) is 110 Å². The largest absolute Gasteiger partial charge is 0.497 e. The molecule has 0 N–H and O–H groups in total. The van der Waals surface area contributed by atoms with E-state index >= 15 is 9.59 Å². The lowest BCUT2D eigenvalue weighted by Gasteiger charge is -2.54. The molecular formula is C45H54NO8PSi. The fourth-order valence-electron chi connectivity index (χ4n) is 7.10. The number of esters is 2. The Hall–Kier alpha value is -4.76. The van der Waals surface area contributed by atoms with Crippen molar-refractivity contribution in [2.24, 2.45) is 11.8 Å². The van der Waals surface area contributed by atoms with Gasteiger partial charge in [-0.05, 0) is 58.7 Å². The number of carbonyl (C=O) groups is 4. The number of methoxy groups -OCH3 is 1. The number of hydrogen-bond acceptors (Lipinski definition) is 8. The van der Waals surface area contributed by atoms with Crippen molar-refractivity contribution in [3.8, 4) is 5.75 Å². The second-order valence-electron chi connectivity index (χ2n) is 15.8. The van der Waals surface area contributed by atoms with Crippen LogP contribution in [0.25, 0.3) is 0 Å². The maximum absolute atomic E-state index is 15.3. The smallest absolute Gasteiger partial charge is 0.356 e. The molecule has 1 fully saturated rings. The van der Waals surface area contributed by atoms with E-state index < -0.39 is 57.7 Å². The molecule has 0 unspecified atom stereocenters. The summed E-state index contributed by atoms with van der Waals surface area (Å²) in [5, 5.41) is 2.33. The van der Waals surface area contributed by atoms with Gasteiger partial charge < -0.3 is 23.5 Å². The molecule has 4 atom stereocenters. The third-order valence-electron chi connectivity index (χ3n) is 11.1. The first-order valence-corrected chi connectivity index (χ1v) is 23.6. The van der Waals surface area contributed by atoms with Crippen molar-refractivity contribution in [2.45, 2.75) is 78.4 Å². The van der Waals surface area contributed by atoms with Crippen LogP contribution in [0.15, 0.2) is 115 Å². The predicted octanol–water partition coefficient (Wildman–Crippen LogP) is 6.87. The number of rotatable bonds is 15. The standard InChI is InChI=1S/C45H54NO8PSi/c1-31(39(48)30-52-33(3)47)41-40(32(2)54-56(8,9)45(4,5)6)42(49)46(41)43(44(50)53-29-34-25-27-35(51-7)28-26-34)55(36-19-13-10-14-20-36,37-21-15-11-16-22-37)38-23-17-12-18-24-38/h10-28,31-32,40-41H,29-30H2,1-9H3/t31-,32+,40+,41+/m0/s1. The Morgan fingerprint density at radius 2 is 1.25 bits per heavy atom. The average Bonchev–Trinajstić information content (AvgIpc) is 3.18. The molecular weight excluding hydrogens is 742 g/mol. The summed E-state index contributed by atoms with van der Waals surface area (Å²) >= 11 is 0. The molecule has 1 amide bonds. The molecule has 1 saturated heterocycles. The molecule has 0 radical (unpaired) electrons. The van der Waals surface area contributed by atoms with E-state index in [0.29, 0.717) is 5.75 Å². The van der Waals surface area contributed by atoms with Gasteiger partial charge in [0.25, 0.3) is 0 Å². The summed E-state index contributed by atoms with van der Waals surface area (Å²) in [6, 6.07) is 35.6. The first kappa shape index (κ1) is 42.4. The third-order valence-corrected chi connectivity index (χ3v) is 19.9. The Morgan fingerprint density at radius 3 is 1.68 bits per heavy atom. The van der Waals surface area contributed by atoms with Crippen molar-refractivity contribution < 1.29 is 37.8 Å². The van der Waals surface area contributed by atoms with Gasteiger partial charge in [-0.1, -0.05) is 131 Å². The van der Waals surface area contributed by atoms with Gasteiger partial charge in [0.15, 0.2) is 14.1 Å². The van der Waals surface area contributed by atoms with E-state index in [9.17, 15) is 9.59 Å². The van der Waals surface area contributed by atoms with Gasteiger partial charge >= 0.3 is 11.9 Å². The lowest BCUT2D eigenvalue weighted by atomic mass is 9.75. The molecule has 0 spiro atoms. The summed E-state index contributed by atoms with van der Waals surface area (Å²) in [7, 11) is -0.829. The number of benzene rings is 4. The molecule has 0 aromatic heterocycles. The van der Waals surface area contributed by atoms with Crippen LogP contribution >= 0.6 is 6.89 Å². The molecule has 296 valence electrons. The van der Waals surface area contributed by atoms with Crippen molar-refractivity contribution in [3.63, 3.8) is 0 Å². The zero-order valence-corrected chi connectivity index (χ0v) is 35.7. The molecule has 4 aromatic carbocycles. The van der Waals surface area contributed by atoms with Crippen molar-refractivity contribution in [1.82, 2.24) is 4.90 Å². The molecule has 56 heavy (non-hydrogen) atoms. The summed E-state index contributed by atoms with van der Waals surface area (Å²) in [6.45, 7) is 11.7. The van der Waals surface area contributed by atoms with Gasteiger partial charge in [-0.2, -0.15) is 0 Å². The number of ether oxygens (including phenoxy) is 3. The number of hydrogen-bond donors (Lipinski definition) is 0. The molecule has 0 bridgehead atoms. The van der Waals surface area contributed by atoms with E-state index in [4.69, 9.17) is 18.6 Å². The summed E-state index contributed by atoms with van der Waals surface area (Å²) in [5.41, 5.74) is 0.889. The average molecular weight is 796 g/mol. The van der Waals surface area contributed by atoms with E-state index in [0.717, 1.165) is 21.5 Å². The van der Waals surface area contributed by atoms with Gasteiger partial charge in [-0.15, -0.1) is 0 Å². The van der Waals surface area contributed by atoms with Crippen LogP contribution in [0, 0.1) is 11.8 Å². The number of likely N-dealkylation sites (tertiary alicyclic amines) is 1. The first-order chi connectivity index (χ1) is 26.5. The SMILES string of the molecule is COc1ccc(COC(=O)C(N2C(=O)[C@H]([C@@H](C)O[Si](C)(C)C(C)(C)C)[C@H]2[C@@H](C)C(=O)COC(C)=O)=P(c2ccccc2)(c2ccccc2)c2ccccc2)cc1. The zero-order chi connectivity index (χ0) is 40.8. The Kier molecular flexibility index (Phi) is 13.3. The first-order valence-electron chi connectivity index (χ1n) is 18.9. The Bertz CT molecular complexity index is 1960. The molecule has 0 saturated carbocycles. The van der Waals surface area contributed by atoms with E-state index in [-0.39, 0.29) is 28.8 Å². The topological polar surface area (TPSA) is 108 Å². The van der Waals surface area contributed by atoms with E-state index in [1.165, 1.54) is 11.8 Å². The third kappa shape index (κ3) is 8.63. The van der Waals surface area contributed by atoms with Crippen LogP contribution in [0.3, 0.4) is 0 Å². The molecule has 1 aliphatic rings. The maximum atomic E-state index is 15.3. The number of nitrogens with zero attached hydrogens (tertiary/aromatic N) is 1. The minimum atomic E-state index is -3.28. The van der Waals surface area contributed by atoms with Crippen molar-refractivity contribution >= 4 is 60.2 Å². The second kappa shape index (κ2) is 17.6. The van der Waals surface area contributed by atoms with E-state index in [2.05, 4.69) is 33.9 Å². The van der Waals surface area contributed by atoms with Crippen molar-refractivity contribution in [2.75, 3.05) is 13.7 Å². The van der Waals surface area contributed by atoms with Crippen LogP contribution in [0.4, 0.5) is 0 Å². The van der Waals surface area contributed by atoms with Crippen LogP contribution in [0.5, 0.6) is 5.75 Å². The number of Topliss-reactive ketones (excluding diaryl/α,β-unsaturated/α-hetero) is 1. The lowest BCUT2D eigenvalue weighted by Crippen LogP contribution is -2.71. The van der Waals surface area contributed by atoms with Gasteiger partial charge in [0.05, 0.1) is 25.2 Å². The molecule has 11 heteroatoms. The van der Waals surface area contributed by atoms with Crippen LogP contribution in [0.2, 0.25) is 18.1 Å². The molecule has 5 rings (SSSR count). The highest BCUT2D eigenvalue weighted by Crippen LogP contribution is 2.51. The van der Waals surface area contributed by atoms with E-state index in [1.54, 1.807) is 26.2 Å². The minimum absolute atomic E-state index is 0.0767. The highest BCUT2D eigenvalue weighted by atomic mass is 31.2. The lowest BCUT2D eigenvalue weighted by molar-refractivity contribution is -0.163. The van der Waals surface area contributed by atoms with Gasteiger partial charge in [0.1, 0.15) is 24.4 Å². The highest BCUT2D eigenvalue weighted by molar-refractivity contribution is 7.96. The minimum Gasteiger partial charge on any atom is -0.497 e. The summed E-state index contributed by atoms with van der Waals surface area (Å²) in [6.07, 6.45) is -0.594. The summed E-state index contributed by atoms with van der Waals surface area (Å²) in [4.78, 5) is 57.9. The summed E-state index contributed by atoms with van der Waals surface area (Å²) < 4.78 is 23.7. The second-order valence-corrected chi connectivity index (χ2v) is 23.8. The number of β-lactam (4-membered cyclic amide) rings is 1. The highest BCUT2D eigenvalue weighted by Gasteiger charge is 2.59. The molecule has 4 aromatic rings. The molecule has 1 heterocycles. The van der Waals surface area contributed by atoms with Gasteiger partial charge in [0.2, 0.25) is 5.91 Å². The van der Waals surface area contributed by atoms with Crippen LogP contribution in [-0.4, -0.2) is 68.1 Å². The van der Waals surface area contributed by atoms with Crippen molar-refractivity contribution in [1.29, 1.82) is 0 Å². The number of amides is 1. The Labute approximate surface area is 332 Å². The quantitative estimate of drug-likeness (QED) is 0.0556. The maximum Gasteiger partial charge on any atom is 0.356 e. The molecule has 1 aliphatic heterocycles. The fraction of sp³-hybridized carbons (Fsp3) is 0.356. The molecule has 9 nitrogen and oxygen atoms in total. The Morgan fingerprint density at radius 1 is 0.768 bits per heavy atom. The number of ketones is 1. The van der Waals surface area contributed by atoms with Gasteiger partial charge in [-0.25, -0.2) is 4.79 Å². The van der Waals surface area contributed by atoms with Gasteiger partial charge in [0, 0.05) is 19.7 Å². The molecule has 0 aliphatic carbocycles. The van der Waals surface area contributed by atoms with Gasteiger partial charge in [-0.3, -0.25) is 14.4 Å². The normalized spacial score (nSPS) is 16.9. The summed E-state index contributed by atoms with van der Waals surface area (Å²) in [5.74, 6) is -2.95.